The predicted octanol–water partition coefficient (Wildman–Crippen LogP) is 0.749. The van der Waals surface area contributed by atoms with E-state index in [1.807, 2.05) is 30.3 Å². The smallest absolute Gasteiger partial charge is 0.317 e. The van der Waals surface area contributed by atoms with Crippen molar-refractivity contribution in [3.05, 3.63) is 35.9 Å². The molecule has 1 aliphatic heterocycles. The number of hydrogen-bond donors (Lipinski definition) is 2. The van der Waals surface area contributed by atoms with E-state index in [4.69, 9.17) is 5.11 Å². The lowest BCUT2D eigenvalue weighted by Crippen LogP contribution is -2.54. The number of sulfonamides is 1. The average molecular weight is 383 g/mol. The minimum atomic E-state index is -3.25. The molecule has 0 aliphatic carbocycles. The van der Waals surface area contributed by atoms with Crippen LogP contribution < -0.4 is 5.32 Å². The van der Waals surface area contributed by atoms with E-state index in [1.165, 1.54) is 4.31 Å². The summed E-state index contributed by atoms with van der Waals surface area (Å²) < 4.78 is 24.4. The number of amides is 2. The number of benzene rings is 1. The number of urea groups is 1. The maximum atomic E-state index is 12.5. The van der Waals surface area contributed by atoms with Crippen LogP contribution in [-0.2, 0) is 21.2 Å². The van der Waals surface area contributed by atoms with Crippen molar-refractivity contribution in [1.29, 1.82) is 0 Å². The van der Waals surface area contributed by atoms with Crippen LogP contribution in [0, 0.1) is 0 Å². The van der Waals surface area contributed by atoms with Crippen LogP contribution in [0.2, 0.25) is 0 Å². The molecule has 8 nitrogen and oxygen atoms in total. The second-order valence-corrected chi connectivity index (χ2v) is 8.40. The first-order valence-electron chi connectivity index (χ1n) is 8.52. The molecule has 0 saturated carbocycles. The summed E-state index contributed by atoms with van der Waals surface area (Å²) in [6.07, 6.45) is 2.01. The lowest BCUT2D eigenvalue weighted by Gasteiger charge is -2.34. The number of nitrogens with zero attached hydrogens (tertiary/aromatic N) is 2. The minimum Gasteiger partial charge on any atom is -0.481 e. The van der Waals surface area contributed by atoms with E-state index in [0.717, 1.165) is 11.8 Å². The maximum absolute atomic E-state index is 12.5. The van der Waals surface area contributed by atoms with Crippen molar-refractivity contribution in [2.45, 2.75) is 25.3 Å². The van der Waals surface area contributed by atoms with Gasteiger partial charge >= 0.3 is 12.0 Å². The SMILES string of the molecule is CS(=O)(=O)N1CCN(C(=O)NC(CCC(=O)O)Cc2ccccc2)CC1. The first-order chi connectivity index (χ1) is 12.3. The number of hydrogen-bond acceptors (Lipinski definition) is 4. The summed E-state index contributed by atoms with van der Waals surface area (Å²) in [5.41, 5.74) is 1.02. The first-order valence-corrected chi connectivity index (χ1v) is 10.4. The summed E-state index contributed by atoms with van der Waals surface area (Å²) in [4.78, 5) is 25.0. The molecule has 0 bridgehead atoms. The van der Waals surface area contributed by atoms with Crippen LogP contribution in [-0.4, -0.2) is 73.2 Å². The van der Waals surface area contributed by atoms with E-state index in [0.29, 0.717) is 25.9 Å². The summed E-state index contributed by atoms with van der Waals surface area (Å²) in [6, 6.07) is 8.98. The number of rotatable bonds is 7. The normalized spacial score (nSPS) is 16.9. The van der Waals surface area contributed by atoms with Gasteiger partial charge < -0.3 is 15.3 Å². The molecule has 1 aromatic carbocycles. The van der Waals surface area contributed by atoms with Crippen LogP contribution in [0.1, 0.15) is 18.4 Å². The molecule has 0 spiro atoms. The molecule has 2 rings (SSSR count). The van der Waals surface area contributed by atoms with Crippen molar-refractivity contribution in [3.8, 4) is 0 Å². The number of aliphatic carboxylic acids is 1. The van der Waals surface area contributed by atoms with Crippen LogP contribution in [0.4, 0.5) is 4.79 Å². The summed E-state index contributed by atoms with van der Waals surface area (Å²) in [5, 5.41) is 11.8. The van der Waals surface area contributed by atoms with Crippen LogP contribution >= 0.6 is 0 Å². The number of carboxylic acid groups (broad SMARTS) is 1. The van der Waals surface area contributed by atoms with Gasteiger partial charge in [-0.1, -0.05) is 30.3 Å². The van der Waals surface area contributed by atoms with Crippen molar-refractivity contribution < 1.29 is 23.1 Å². The topological polar surface area (TPSA) is 107 Å². The largest absolute Gasteiger partial charge is 0.481 e. The summed E-state index contributed by atoms with van der Waals surface area (Å²) in [5.74, 6) is -0.904. The van der Waals surface area contributed by atoms with Gasteiger partial charge in [0.1, 0.15) is 0 Å². The van der Waals surface area contributed by atoms with Crippen molar-refractivity contribution in [2.75, 3.05) is 32.4 Å². The number of carboxylic acids is 1. The van der Waals surface area contributed by atoms with Gasteiger partial charge in [0.2, 0.25) is 10.0 Å². The van der Waals surface area contributed by atoms with Gasteiger partial charge in [-0.25, -0.2) is 13.2 Å². The van der Waals surface area contributed by atoms with Gasteiger partial charge in [0.15, 0.2) is 0 Å². The van der Waals surface area contributed by atoms with Crippen molar-refractivity contribution in [3.63, 3.8) is 0 Å². The average Bonchev–Trinajstić information content (AvgIpc) is 2.60. The molecular formula is C17H25N3O5S. The molecule has 1 heterocycles. The van der Waals surface area contributed by atoms with Gasteiger partial charge in [-0.3, -0.25) is 4.79 Å². The zero-order valence-corrected chi connectivity index (χ0v) is 15.6. The third-order valence-electron chi connectivity index (χ3n) is 4.35. The van der Waals surface area contributed by atoms with Crippen LogP contribution in [0.3, 0.4) is 0 Å². The lowest BCUT2D eigenvalue weighted by molar-refractivity contribution is -0.137. The molecule has 2 N–H and O–H groups in total. The van der Waals surface area contributed by atoms with E-state index >= 15 is 0 Å². The Labute approximate surface area is 153 Å². The second kappa shape index (κ2) is 9.00. The molecule has 1 unspecified atom stereocenters. The van der Waals surface area contributed by atoms with Crippen LogP contribution in [0.15, 0.2) is 30.3 Å². The Hall–Kier alpha value is -2.13. The third-order valence-corrected chi connectivity index (χ3v) is 5.66. The van der Waals surface area contributed by atoms with E-state index in [2.05, 4.69) is 5.32 Å². The second-order valence-electron chi connectivity index (χ2n) is 6.42. The Balaban J connectivity index is 1.94. The third kappa shape index (κ3) is 6.30. The molecule has 1 saturated heterocycles. The molecule has 144 valence electrons. The molecule has 1 fully saturated rings. The Morgan fingerprint density at radius 2 is 1.77 bits per heavy atom. The molecule has 26 heavy (non-hydrogen) atoms. The Kier molecular flexibility index (Phi) is 6.98. The van der Waals surface area contributed by atoms with Gasteiger partial charge in [-0.05, 0) is 18.4 Å². The molecule has 0 aromatic heterocycles. The number of carbonyl (C=O) groups is 2. The molecule has 1 atom stereocenters. The van der Waals surface area contributed by atoms with E-state index < -0.39 is 16.0 Å². The predicted molar refractivity (Wildman–Crippen MR) is 97.3 cm³/mol. The quantitative estimate of drug-likeness (QED) is 0.722. The summed E-state index contributed by atoms with van der Waals surface area (Å²) in [6.45, 7) is 1.17. The highest BCUT2D eigenvalue weighted by molar-refractivity contribution is 7.88. The lowest BCUT2D eigenvalue weighted by atomic mass is 10.0. The Morgan fingerprint density at radius 3 is 2.31 bits per heavy atom. The van der Waals surface area contributed by atoms with E-state index in [-0.39, 0.29) is 31.6 Å². The van der Waals surface area contributed by atoms with Crippen molar-refractivity contribution in [2.24, 2.45) is 0 Å². The van der Waals surface area contributed by atoms with E-state index in [1.54, 1.807) is 4.90 Å². The molecule has 1 aromatic rings. The van der Waals surface area contributed by atoms with Crippen molar-refractivity contribution >= 4 is 22.0 Å². The summed E-state index contributed by atoms with van der Waals surface area (Å²) >= 11 is 0. The van der Waals surface area contributed by atoms with Crippen molar-refractivity contribution in [1.82, 2.24) is 14.5 Å². The van der Waals surface area contributed by atoms with Gasteiger partial charge in [0.05, 0.1) is 6.26 Å². The van der Waals surface area contributed by atoms with Gasteiger partial charge in [0.25, 0.3) is 0 Å². The number of piperazine rings is 1. The monoisotopic (exact) mass is 383 g/mol. The molecule has 1 aliphatic rings. The highest BCUT2D eigenvalue weighted by Crippen LogP contribution is 2.10. The zero-order valence-electron chi connectivity index (χ0n) is 14.8. The van der Waals surface area contributed by atoms with Gasteiger partial charge in [-0.15, -0.1) is 0 Å². The zero-order chi connectivity index (χ0) is 19.2. The Morgan fingerprint density at radius 1 is 1.15 bits per heavy atom. The molecular weight excluding hydrogens is 358 g/mol. The minimum absolute atomic E-state index is 0.0281. The van der Waals surface area contributed by atoms with Crippen LogP contribution in [0.5, 0.6) is 0 Å². The van der Waals surface area contributed by atoms with Gasteiger partial charge in [0, 0.05) is 38.6 Å². The van der Waals surface area contributed by atoms with Gasteiger partial charge in [-0.2, -0.15) is 4.31 Å². The first kappa shape index (κ1) is 20.2. The molecule has 9 heteroatoms. The fourth-order valence-electron chi connectivity index (χ4n) is 2.91. The fraction of sp³-hybridized carbons (Fsp3) is 0.529. The van der Waals surface area contributed by atoms with Crippen LogP contribution in [0.25, 0.3) is 0 Å². The number of nitrogens with one attached hydrogen (secondary N) is 1. The maximum Gasteiger partial charge on any atom is 0.317 e. The highest BCUT2D eigenvalue weighted by atomic mass is 32.2. The number of carbonyl (C=O) groups excluding carboxylic acids is 1. The van der Waals surface area contributed by atoms with E-state index in [9.17, 15) is 18.0 Å². The highest BCUT2D eigenvalue weighted by Gasteiger charge is 2.27. The standard InChI is InChI=1S/C17H25N3O5S/c1-26(24,25)20-11-9-19(10-12-20)17(23)18-15(7-8-16(21)22)13-14-5-3-2-4-6-14/h2-6,15H,7-13H2,1H3,(H,18,23)(H,21,22). The molecule has 0 radical (unpaired) electrons. The molecule has 2 amide bonds. The fourth-order valence-corrected chi connectivity index (χ4v) is 3.74. The Bertz CT molecular complexity index is 715. The summed E-state index contributed by atoms with van der Waals surface area (Å²) in [7, 11) is -3.25.